The lowest BCUT2D eigenvalue weighted by Crippen LogP contribution is -2.02. The van der Waals surface area contributed by atoms with Crippen LogP contribution in [0.1, 0.15) is 0 Å². The molecule has 0 aliphatic heterocycles. The van der Waals surface area contributed by atoms with Gasteiger partial charge >= 0.3 is 0 Å². The van der Waals surface area contributed by atoms with E-state index in [-0.39, 0.29) is 50.5 Å². The molecule has 12 heteroatoms. The number of para-hydroxylation sites is 1. The zero-order chi connectivity index (χ0) is 30.3. The van der Waals surface area contributed by atoms with Crippen molar-refractivity contribution in [2.75, 3.05) is 0 Å². The zero-order valence-electron chi connectivity index (χ0n) is 21.1. The predicted molar refractivity (Wildman–Crippen MR) is 149 cm³/mol. The molecule has 4 aromatic carbocycles. The summed E-state index contributed by atoms with van der Waals surface area (Å²) in [7, 11) is 0. The van der Waals surface area contributed by atoms with Crippen LogP contribution in [0.5, 0.6) is 46.0 Å². The lowest BCUT2D eigenvalue weighted by atomic mass is 10.1. The summed E-state index contributed by atoms with van der Waals surface area (Å²) in [5.74, 6) is -4.45. The topological polar surface area (TPSA) is 222 Å². The summed E-state index contributed by atoms with van der Waals surface area (Å²) in [5, 5.41) is 77.0. The van der Waals surface area contributed by atoms with E-state index < -0.39 is 45.4 Å². The van der Waals surface area contributed by atoms with Crippen LogP contribution >= 0.6 is 0 Å². The zero-order valence-corrected chi connectivity index (χ0v) is 21.1. The highest BCUT2D eigenvalue weighted by molar-refractivity contribution is 5.88. The quantitative estimate of drug-likeness (QED) is 0.134. The lowest BCUT2D eigenvalue weighted by Gasteiger charge is -2.09. The number of hydrogen-bond acceptors (Lipinski definition) is 12. The Kier molecular flexibility index (Phi) is 6.72. The van der Waals surface area contributed by atoms with Gasteiger partial charge in [0.1, 0.15) is 33.8 Å². The fraction of sp³-hybridized carbons (Fsp3) is 0. The Bertz CT molecular complexity index is 2110. The molecular weight excluding hydrogens is 552 g/mol. The first-order chi connectivity index (χ1) is 20.0. The molecule has 0 bridgehead atoms. The molecule has 2 heterocycles. The molecule has 0 unspecified atom stereocenters. The molecule has 12 nitrogen and oxygen atoms in total. The number of phenolic OH excluding ortho intramolecular Hbond substituents is 6. The lowest BCUT2D eigenvalue weighted by molar-refractivity contribution is 0.367. The first-order valence-electron chi connectivity index (χ1n) is 12.0. The Morgan fingerprint density at radius 3 is 1.86 bits per heavy atom. The van der Waals surface area contributed by atoms with Gasteiger partial charge < -0.3 is 49.7 Å². The molecule has 0 saturated heterocycles. The summed E-state index contributed by atoms with van der Waals surface area (Å²) in [6.45, 7) is 0. The van der Waals surface area contributed by atoms with Crippen molar-refractivity contribution in [2.24, 2.45) is 0 Å². The van der Waals surface area contributed by atoms with Crippen LogP contribution in [0, 0.1) is 0 Å². The fourth-order valence-corrected chi connectivity index (χ4v) is 4.15. The maximum Gasteiger partial charge on any atom is 0.238 e. The summed E-state index contributed by atoms with van der Waals surface area (Å²) in [4.78, 5) is 24.2. The minimum absolute atomic E-state index is 0.0247. The molecule has 6 aromatic rings. The number of hydrogen-bond donors (Lipinski definition) is 8. The molecule has 212 valence electrons. The maximum atomic E-state index is 12.1. The standard InChI is InChI=1S/2C15H10O6/c16-8-3-1-7(2-4-8)15-14(20)13(19)12-10(18)5-9(17)6-11(12)21-15;16-9-6-5-8(12(18)13(9)19)15-14(20)11(17)7-3-1-2-4-10(7)21-15/h1-6,16-18,20H;1-6,16,18-20H. The molecular formula is C30H20O12. The molecule has 0 saturated carbocycles. The normalized spacial score (nSPS) is 10.9. The van der Waals surface area contributed by atoms with Crippen molar-refractivity contribution in [3.05, 3.63) is 93.2 Å². The minimum atomic E-state index is -0.808. The molecule has 0 aliphatic carbocycles. The molecule has 0 atom stereocenters. The van der Waals surface area contributed by atoms with Crippen molar-refractivity contribution >= 4 is 21.9 Å². The van der Waals surface area contributed by atoms with Gasteiger partial charge in [-0.15, -0.1) is 0 Å². The van der Waals surface area contributed by atoms with Crippen molar-refractivity contribution < 1.29 is 49.7 Å². The van der Waals surface area contributed by atoms with E-state index in [1.165, 1.54) is 48.5 Å². The van der Waals surface area contributed by atoms with Crippen LogP contribution in [0.3, 0.4) is 0 Å². The maximum absolute atomic E-state index is 12.1. The van der Waals surface area contributed by atoms with E-state index in [4.69, 9.17) is 8.83 Å². The highest BCUT2D eigenvalue weighted by atomic mass is 16.4. The van der Waals surface area contributed by atoms with Crippen LogP contribution in [0.15, 0.2) is 91.2 Å². The van der Waals surface area contributed by atoms with Crippen LogP contribution in [-0.2, 0) is 0 Å². The highest BCUT2D eigenvalue weighted by Gasteiger charge is 2.21. The van der Waals surface area contributed by atoms with Gasteiger partial charge in [-0.1, -0.05) is 12.1 Å². The molecule has 6 rings (SSSR count). The third-order valence-corrected chi connectivity index (χ3v) is 6.21. The SMILES string of the molecule is O=c1c(O)c(-c2ccc(O)c(O)c2O)oc2ccccc12.O=c1c(O)c(-c2ccc(O)cc2)oc2cc(O)cc(O)c12. The van der Waals surface area contributed by atoms with Crippen molar-refractivity contribution in [2.45, 2.75) is 0 Å². The molecule has 42 heavy (non-hydrogen) atoms. The van der Waals surface area contributed by atoms with E-state index in [0.717, 1.165) is 12.1 Å². The van der Waals surface area contributed by atoms with Crippen molar-refractivity contribution in [3.63, 3.8) is 0 Å². The van der Waals surface area contributed by atoms with Gasteiger partial charge in [0.05, 0.1) is 10.9 Å². The molecule has 0 amide bonds. The average Bonchev–Trinajstić information content (AvgIpc) is 2.96. The van der Waals surface area contributed by atoms with Gasteiger partial charge in [0.25, 0.3) is 0 Å². The van der Waals surface area contributed by atoms with E-state index in [2.05, 4.69) is 0 Å². The van der Waals surface area contributed by atoms with Crippen LogP contribution in [-0.4, -0.2) is 40.9 Å². The fourth-order valence-electron chi connectivity index (χ4n) is 4.15. The smallest absolute Gasteiger partial charge is 0.238 e. The molecule has 0 fully saturated rings. The van der Waals surface area contributed by atoms with Gasteiger partial charge in [-0.05, 0) is 48.5 Å². The number of fused-ring (bicyclic) bond motifs is 2. The van der Waals surface area contributed by atoms with Crippen molar-refractivity contribution in [3.8, 4) is 68.6 Å². The Labute approximate surface area is 233 Å². The van der Waals surface area contributed by atoms with Gasteiger partial charge in [-0.2, -0.15) is 0 Å². The summed E-state index contributed by atoms with van der Waals surface area (Å²) in [6.07, 6.45) is 0. The molecule has 0 spiro atoms. The first kappa shape index (κ1) is 27.3. The third kappa shape index (κ3) is 4.69. The second-order valence-corrected chi connectivity index (χ2v) is 8.93. The van der Waals surface area contributed by atoms with Gasteiger partial charge in [-0.3, -0.25) is 9.59 Å². The van der Waals surface area contributed by atoms with E-state index in [9.17, 15) is 50.4 Å². The van der Waals surface area contributed by atoms with Crippen molar-refractivity contribution in [1.29, 1.82) is 0 Å². The predicted octanol–water partition coefficient (Wildman–Crippen LogP) is 4.56. The van der Waals surface area contributed by atoms with E-state index in [0.29, 0.717) is 5.56 Å². The van der Waals surface area contributed by atoms with E-state index in [1.807, 2.05) is 0 Å². The second kappa shape index (κ2) is 10.4. The summed E-state index contributed by atoms with van der Waals surface area (Å²) >= 11 is 0. The molecule has 0 aliphatic rings. The Morgan fingerprint density at radius 1 is 0.500 bits per heavy atom. The molecule has 2 aromatic heterocycles. The second-order valence-electron chi connectivity index (χ2n) is 8.93. The van der Waals surface area contributed by atoms with Gasteiger partial charge in [0, 0.05) is 17.7 Å². The van der Waals surface area contributed by atoms with Crippen LogP contribution in [0.4, 0.5) is 0 Å². The Balaban J connectivity index is 0.000000168. The van der Waals surface area contributed by atoms with Gasteiger partial charge in [0.2, 0.25) is 28.1 Å². The summed E-state index contributed by atoms with van der Waals surface area (Å²) < 4.78 is 10.8. The largest absolute Gasteiger partial charge is 0.508 e. The Hall–Kier alpha value is -6.30. The highest BCUT2D eigenvalue weighted by Crippen LogP contribution is 2.44. The Morgan fingerprint density at radius 2 is 1.14 bits per heavy atom. The number of phenols is 6. The van der Waals surface area contributed by atoms with E-state index in [1.54, 1.807) is 12.1 Å². The van der Waals surface area contributed by atoms with E-state index >= 15 is 0 Å². The number of aromatic hydroxyl groups is 8. The van der Waals surface area contributed by atoms with Gasteiger partial charge in [0.15, 0.2) is 23.0 Å². The average molecular weight is 572 g/mol. The minimum Gasteiger partial charge on any atom is -0.508 e. The van der Waals surface area contributed by atoms with Crippen molar-refractivity contribution in [1.82, 2.24) is 0 Å². The number of benzene rings is 4. The number of rotatable bonds is 2. The molecule has 0 radical (unpaired) electrons. The van der Waals surface area contributed by atoms with Crippen LogP contribution in [0.25, 0.3) is 44.6 Å². The molecule has 8 N–H and O–H groups in total. The summed E-state index contributed by atoms with van der Waals surface area (Å²) in [5.41, 5.74) is -1.03. The summed E-state index contributed by atoms with van der Waals surface area (Å²) in [6, 6.07) is 16.5. The first-order valence-corrected chi connectivity index (χ1v) is 12.0. The monoisotopic (exact) mass is 572 g/mol. The van der Waals surface area contributed by atoms with Crippen LogP contribution in [0.2, 0.25) is 0 Å². The van der Waals surface area contributed by atoms with Gasteiger partial charge in [-0.25, -0.2) is 0 Å². The third-order valence-electron chi connectivity index (χ3n) is 6.21. The van der Waals surface area contributed by atoms with Crippen LogP contribution < -0.4 is 10.9 Å².